The van der Waals surface area contributed by atoms with Crippen LogP contribution in [0, 0.1) is 11.6 Å². The Morgan fingerprint density at radius 2 is 1.62 bits per heavy atom. The van der Waals surface area contributed by atoms with Crippen LogP contribution in [0.15, 0.2) is 48.5 Å². The second kappa shape index (κ2) is 9.58. The smallest absolute Gasteiger partial charge is 0.282 e. The molecule has 0 aliphatic carbocycles. The zero-order valence-corrected chi connectivity index (χ0v) is 16.3. The van der Waals surface area contributed by atoms with Crippen molar-refractivity contribution in [1.29, 1.82) is 0 Å². The van der Waals surface area contributed by atoms with Crippen molar-refractivity contribution in [3.05, 3.63) is 60.2 Å². The molecular formula is C21H26F2N4O2+2. The first-order valence-corrected chi connectivity index (χ1v) is 9.70. The van der Waals surface area contributed by atoms with E-state index in [1.165, 1.54) is 36.4 Å². The van der Waals surface area contributed by atoms with E-state index in [0.29, 0.717) is 17.9 Å². The number of amides is 2. The molecule has 0 saturated carbocycles. The average molecular weight is 404 g/mol. The lowest BCUT2D eigenvalue weighted by Gasteiger charge is -2.32. The molecule has 0 spiro atoms. The first-order valence-electron chi connectivity index (χ1n) is 9.70. The van der Waals surface area contributed by atoms with E-state index in [1.807, 2.05) is 6.92 Å². The summed E-state index contributed by atoms with van der Waals surface area (Å²) >= 11 is 0. The summed E-state index contributed by atoms with van der Waals surface area (Å²) in [6.07, 6.45) is 0. The van der Waals surface area contributed by atoms with Crippen LogP contribution in [0.3, 0.4) is 0 Å². The molecule has 0 radical (unpaired) electrons. The fourth-order valence-electron chi connectivity index (χ4n) is 3.50. The van der Waals surface area contributed by atoms with Crippen LogP contribution < -0.4 is 20.4 Å². The minimum absolute atomic E-state index is 0.112. The minimum atomic E-state index is -0.389. The van der Waals surface area contributed by atoms with Crippen molar-refractivity contribution in [3.63, 3.8) is 0 Å². The zero-order chi connectivity index (χ0) is 20.8. The summed E-state index contributed by atoms with van der Waals surface area (Å²) in [5, 5.41) is 5.53. The van der Waals surface area contributed by atoms with Gasteiger partial charge in [-0.05, 0) is 49.4 Å². The molecule has 4 N–H and O–H groups in total. The molecule has 8 heteroatoms. The van der Waals surface area contributed by atoms with E-state index >= 15 is 0 Å². The number of piperazine rings is 1. The Morgan fingerprint density at radius 3 is 2.28 bits per heavy atom. The fourth-order valence-corrected chi connectivity index (χ4v) is 3.50. The Hall–Kier alpha value is -2.84. The van der Waals surface area contributed by atoms with Gasteiger partial charge in [0.05, 0.1) is 0 Å². The van der Waals surface area contributed by atoms with Crippen LogP contribution in [0.25, 0.3) is 0 Å². The van der Waals surface area contributed by atoms with E-state index in [1.54, 1.807) is 12.1 Å². The maximum Gasteiger partial charge on any atom is 0.282 e. The van der Waals surface area contributed by atoms with Crippen LogP contribution in [0.2, 0.25) is 0 Å². The maximum atomic E-state index is 13.2. The Labute approximate surface area is 168 Å². The normalized spacial score (nSPS) is 20.0. The molecule has 1 fully saturated rings. The molecule has 1 atom stereocenters. The Morgan fingerprint density at radius 1 is 0.931 bits per heavy atom. The van der Waals surface area contributed by atoms with Crippen LogP contribution in [0.4, 0.5) is 20.2 Å². The van der Waals surface area contributed by atoms with Crippen molar-refractivity contribution in [1.82, 2.24) is 0 Å². The van der Waals surface area contributed by atoms with Gasteiger partial charge in [0.15, 0.2) is 12.6 Å². The number of hydrogen-bond donors (Lipinski definition) is 4. The van der Waals surface area contributed by atoms with E-state index in [0.717, 1.165) is 36.0 Å². The van der Waals surface area contributed by atoms with Gasteiger partial charge in [-0.15, -0.1) is 0 Å². The molecule has 2 aromatic rings. The fraction of sp³-hybridized carbons (Fsp3) is 0.333. The molecule has 29 heavy (non-hydrogen) atoms. The quantitative estimate of drug-likeness (QED) is 0.535. The van der Waals surface area contributed by atoms with Crippen LogP contribution >= 0.6 is 0 Å². The molecule has 2 aromatic carbocycles. The monoisotopic (exact) mass is 404 g/mol. The molecule has 1 aliphatic heterocycles. The predicted octanol–water partition coefficient (Wildman–Crippen LogP) is -0.286. The first-order chi connectivity index (χ1) is 13.9. The highest BCUT2D eigenvalue weighted by molar-refractivity contribution is 5.93. The summed E-state index contributed by atoms with van der Waals surface area (Å²) < 4.78 is 26.2. The number of quaternary nitrogens is 2. The largest absolute Gasteiger partial charge is 0.321 e. The van der Waals surface area contributed by atoms with E-state index in [-0.39, 0.29) is 29.5 Å². The molecule has 3 rings (SSSR count). The summed E-state index contributed by atoms with van der Waals surface area (Å²) in [6.45, 7) is 5.23. The highest BCUT2D eigenvalue weighted by Crippen LogP contribution is 2.09. The van der Waals surface area contributed by atoms with Gasteiger partial charge in [0.25, 0.3) is 11.8 Å². The van der Waals surface area contributed by atoms with Crippen molar-refractivity contribution >= 4 is 23.2 Å². The Kier molecular flexibility index (Phi) is 6.90. The van der Waals surface area contributed by atoms with Crippen molar-refractivity contribution < 1.29 is 28.2 Å². The van der Waals surface area contributed by atoms with Gasteiger partial charge < -0.3 is 20.4 Å². The number of benzene rings is 2. The van der Waals surface area contributed by atoms with Crippen molar-refractivity contribution in [3.8, 4) is 0 Å². The third-order valence-electron chi connectivity index (χ3n) is 5.24. The summed E-state index contributed by atoms with van der Waals surface area (Å²) in [5.74, 6) is -1.00. The SMILES string of the molecule is C[C@H](C(=O)Nc1ccc(F)cc1)[NH+]1CC[NH+](CC(=O)Nc2cccc(F)c2)CC1. The molecule has 1 aliphatic rings. The van der Waals surface area contributed by atoms with Gasteiger partial charge in [-0.2, -0.15) is 0 Å². The summed E-state index contributed by atoms with van der Waals surface area (Å²) in [6, 6.07) is 11.3. The van der Waals surface area contributed by atoms with Crippen molar-refractivity contribution in [2.75, 3.05) is 43.4 Å². The van der Waals surface area contributed by atoms with Gasteiger partial charge in [0.1, 0.15) is 37.8 Å². The van der Waals surface area contributed by atoms with Crippen molar-refractivity contribution in [2.45, 2.75) is 13.0 Å². The molecule has 0 unspecified atom stereocenters. The zero-order valence-electron chi connectivity index (χ0n) is 16.3. The van der Waals surface area contributed by atoms with Crippen LogP contribution in [0.5, 0.6) is 0 Å². The number of rotatable bonds is 6. The predicted molar refractivity (Wildman–Crippen MR) is 106 cm³/mol. The molecule has 1 saturated heterocycles. The highest BCUT2D eigenvalue weighted by atomic mass is 19.1. The van der Waals surface area contributed by atoms with E-state index in [9.17, 15) is 18.4 Å². The van der Waals surface area contributed by atoms with Gasteiger partial charge in [-0.25, -0.2) is 8.78 Å². The number of carbonyl (C=O) groups is 2. The molecule has 154 valence electrons. The Bertz CT molecular complexity index is 852. The molecule has 0 bridgehead atoms. The standard InChI is InChI=1S/C21H24F2N4O2/c1-15(21(29)25-18-7-5-16(22)6-8-18)27-11-9-26(10-12-27)14-20(28)24-19-4-2-3-17(23)13-19/h2-8,13,15H,9-12,14H2,1H3,(H,24,28)(H,25,29)/p+2/t15-/m1/s1. The van der Waals surface area contributed by atoms with Crippen molar-refractivity contribution in [2.24, 2.45) is 0 Å². The van der Waals surface area contributed by atoms with Gasteiger partial charge in [0.2, 0.25) is 0 Å². The number of carbonyl (C=O) groups excluding carboxylic acids is 2. The Balaban J connectivity index is 1.43. The minimum Gasteiger partial charge on any atom is -0.321 e. The third-order valence-corrected chi connectivity index (χ3v) is 5.24. The van der Waals surface area contributed by atoms with E-state index in [2.05, 4.69) is 10.6 Å². The van der Waals surface area contributed by atoms with E-state index < -0.39 is 0 Å². The lowest BCUT2D eigenvalue weighted by atomic mass is 10.2. The second-order valence-corrected chi connectivity index (χ2v) is 7.36. The number of halogens is 2. The lowest BCUT2D eigenvalue weighted by Crippen LogP contribution is -3.30. The lowest BCUT2D eigenvalue weighted by molar-refractivity contribution is -1.01. The van der Waals surface area contributed by atoms with E-state index in [4.69, 9.17) is 0 Å². The first kappa shape index (κ1) is 20.9. The molecule has 6 nitrogen and oxygen atoms in total. The number of anilines is 2. The van der Waals surface area contributed by atoms with Gasteiger partial charge in [0, 0.05) is 11.4 Å². The van der Waals surface area contributed by atoms with Crippen LogP contribution in [0.1, 0.15) is 6.92 Å². The summed E-state index contributed by atoms with van der Waals surface area (Å²) in [5.41, 5.74) is 1.02. The number of nitrogens with one attached hydrogen (secondary N) is 4. The summed E-state index contributed by atoms with van der Waals surface area (Å²) in [4.78, 5) is 26.9. The van der Waals surface area contributed by atoms with Gasteiger partial charge in [-0.1, -0.05) is 6.07 Å². The second-order valence-electron chi connectivity index (χ2n) is 7.36. The molecule has 0 aromatic heterocycles. The van der Waals surface area contributed by atoms with Crippen LogP contribution in [-0.2, 0) is 9.59 Å². The van der Waals surface area contributed by atoms with Gasteiger partial charge in [-0.3, -0.25) is 9.59 Å². The average Bonchev–Trinajstić information content (AvgIpc) is 2.69. The number of hydrogen-bond acceptors (Lipinski definition) is 2. The molecule has 2 amide bonds. The van der Waals surface area contributed by atoms with Crippen LogP contribution in [-0.4, -0.2) is 50.6 Å². The maximum absolute atomic E-state index is 13.2. The molecule has 1 heterocycles. The summed E-state index contributed by atoms with van der Waals surface area (Å²) in [7, 11) is 0. The topological polar surface area (TPSA) is 67.1 Å². The molecular weight excluding hydrogens is 378 g/mol. The third kappa shape index (κ3) is 6.07. The highest BCUT2D eigenvalue weighted by Gasteiger charge is 2.31. The van der Waals surface area contributed by atoms with Gasteiger partial charge >= 0.3 is 0 Å².